The lowest BCUT2D eigenvalue weighted by Gasteiger charge is -2.26. The Hall–Kier alpha value is -2.87. The van der Waals surface area contributed by atoms with Crippen LogP contribution < -0.4 is 16.4 Å². The number of carboxylic acid groups (broad SMARTS) is 1. The first-order chi connectivity index (χ1) is 13.6. The molecule has 6 N–H and O–H groups in total. The van der Waals surface area contributed by atoms with E-state index in [-0.39, 0.29) is 18.3 Å². The van der Waals surface area contributed by atoms with Crippen LogP contribution in [0.5, 0.6) is 0 Å². The fourth-order valence-corrected chi connectivity index (χ4v) is 3.07. The highest BCUT2D eigenvalue weighted by molar-refractivity contribution is 5.92. The number of hydrogen-bond donors (Lipinski definition) is 5. The topological polar surface area (TPSA) is 137 Å². The van der Waals surface area contributed by atoms with Gasteiger partial charge in [0.25, 0.3) is 0 Å². The second-order valence-corrected chi connectivity index (χ2v) is 7.96. The number of amides is 2. The van der Waals surface area contributed by atoms with Gasteiger partial charge in [-0.2, -0.15) is 0 Å². The van der Waals surface area contributed by atoms with Crippen LogP contribution >= 0.6 is 0 Å². The van der Waals surface area contributed by atoms with E-state index in [1.165, 1.54) is 0 Å². The Labute approximate surface area is 170 Å². The molecule has 2 rings (SSSR count). The lowest BCUT2D eigenvalue weighted by Crippen LogP contribution is -2.57. The maximum atomic E-state index is 12.8. The highest BCUT2D eigenvalue weighted by Gasteiger charge is 2.30. The highest BCUT2D eigenvalue weighted by Crippen LogP contribution is 2.19. The maximum absolute atomic E-state index is 12.8. The van der Waals surface area contributed by atoms with Gasteiger partial charge in [-0.25, -0.2) is 4.79 Å². The van der Waals surface area contributed by atoms with Crippen molar-refractivity contribution in [3.8, 4) is 0 Å². The Kier molecular flexibility index (Phi) is 7.39. The van der Waals surface area contributed by atoms with Crippen molar-refractivity contribution in [2.24, 2.45) is 17.6 Å². The van der Waals surface area contributed by atoms with Gasteiger partial charge in [0, 0.05) is 23.5 Å². The molecule has 158 valence electrons. The normalized spacial score (nSPS) is 14.6. The molecule has 1 heterocycles. The highest BCUT2D eigenvalue weighted by atomic mass is 16.4. The van der Waals surface area contributed by atoms with Gasteiger partial charge in [-0.3, -0.25) is 9.59 Å². The first kappa shape index (κ1) is 22.4. The number of aromatic nitrogens is 1. The summed E-state index contributed by atoms with van der Waals surface area (Å²) >= 11 is 0. The van der Waals surface area contributed by atoms with Crippen LogP contribution in [0, 0.1) is 11.8 Å². The summed E-state index contributed by atoms with van der Waals surface area (Å²) in [6, 6.07) is 4.80. The number of fused-ring (bicyclic) bond motifs is 1. The van der Waals surface area contributed by atoms with Gasteiger partial charge in [0.05, 0.1) is 6.04 Å². The molecule has 2 unspecified atom stereocenters. The van der Waals surface area contributed by atoms with Crippen molar-refractivity contribution in [2.75, 3.05) is 0 Å². The first-order valence-electron chi connectivity index (χ1n) is 9.76. The van der Waals surface area contributed by atoms with Crippen LogP contribution in [-0.4, -0.2) is 46.0 Å². The lowest BCUT2D eigenvalue weighted by molar-refractivity contribution is -0.142. The van der Waals surface area contributed by atoms with E-state index in [1.54, 1.807) is 20.0 Å². The van der Waals surface area contributed by atoms with Crippen molar-refractivity contribution in [3.05, 3.63) is 36.0 Å². The molecule has 3 atom stereocenters. The molecule has 0 bridgehead atoms. The summed E-state index contributed by atoms with van der Waals surface area (Å²) < 4.78 is 0. The molecule has 1 aromatic carbocycles. The predicted molar refractivity (Wildman–Crippen MR) is 111 cm³/mol. The van der Waals surface area contributed by atoms with Crippen LogP contribution in [-0.2, 0) is 20.8 Å². The molecule has 1 aromatic heterocycles. The van der Waals surface area contributed by atoms with Gasteiger partial charge in [-0.05, 0) is 23.5 Å². The summed E-state index contributed by atoms with van der Waals surface area (Å²) in [5, 5.41) is 15.8. The maximum Gasteiger partial charge on any atom is 0.326 e. The van der Waals surface area contributed by atoms with Crippen LogP contribution in [0.25, 0.3) is 10.9 Å². The standard InChI is InChI=1S/C21H30N4O4/c1-11(2)17(22)19(26)25-18(12(3)4)20(27)24-16(21(28)29)9-13-10-23-15-8-6-5-7-14(13)15/h5-8,10-12,16-18,23H,9,22H2,1-4H3,(H,24,27)(H,25,26)(H,28,29)/t16-,17?,18?/m0/s1. The third kappa shape index (κ3) is 5.57. The molecule has 2 aromatic rings. The number of carboxylic acids is 1. The number of carbonyl (C=O) groups is 3. The fourth-order valence-electron chi connectivity index (χ4n) is 3.07. The summed E-state index contributed by atoms with van der Waals surface area (Å²) in [6.45, 7) is 7.19. The van der Waals surface area contributed by atoms with Gasteiger partial charge in [-0.1, -0.05) is 45.9 Å². The molecule has 8 nitrogen and oxygen atoms in total. The molecule has 0 aliphatic rings. The van der Waals surface area contributed by atoms with Crippen LogP contribution in [0.2, 0.25) is 0 Å². The summed E-state index contributed by atoms with van der Waals surface area (Å²) in [6.07, 6.45) is 1.87. The fraction of sp³-hybridized carbons (Fsp3) is 0.476. The van der Waals surface area contributed by atoms with Crippen LogP contribution in [0.4, 0.5) is 0 Å². The number of hydrogen-bond acceptors (Lipinski definition) is 4. The van der Waals surface area contributed by atoms with E-state index < -0.39 is 35.9 Å². The molecule has 0 fully saturated rings. The Morgan fingerprint density at radius 2 is 1.69 bits per heavy atom. The molecule has 0 saturated carbocycles. The van der Waals surface area contributed by atoms with Gasteiger partial charge in [0.15, 0.2) is 0 Å². The Bertz CT molecular complexity index is 874. The van der Waals surface area contributed by atoms with Crippen LogP contribution in [0.1, 0.15) is 33.3 Å². The third-order valence-corrected chi connectivity index (χ3v) is 4.98. The van der Waals surface area contributed by atoms with E-state index in [9.17, 15) is 19.5 Å². The quantitative estimate of drug-likeness (QED) is 0.432. The average Bonchev–Trinajstić information content (AvgIpc) is 3.07. The van der Waals surface area contributed by atoms with Gasteiger partial charge in [-0.15, -0.1) is 0 Å². The van der Waals surface area contributed by atoms with Gasteiger partial charge >= 0.3 is 5.97 Å². The number of para-hydroxylation sites is 1. The minimum Gasteiger partial charge on any atom is -0.480 e. The van der Waals surface area contributed by atoms with E-state index in [2.05, 4.69) is 15.6 Å². The zero-order chi connectivity index (χ0) is 21.7. The molecular weight excluding hydrogens is 372 g/mol. The number of rotatable bonds is 9. The van der Waals surface area contributed by atoms with Crippen molar-refractivity contribution in [3.63, 3.8) is 0 Å². The number of nitrogens with two attached hydrogens (primary N) is 1. The Balaban J connectivity index is 2.14. The van der Waals surface area contributed by atoms with Crippen LogP contribution in [0.3, 0.4) is 0 Å². The molecule has 8 heteroatoms. The largest absolute Gasteiger partial charge is 0.480 e. The lowest BCUT2D eigenvalue weighted by atomic mass is 9.99. The van der Waals surface area contributed by atoms with Gasteiger partial charge in [0.2, 0.25) is 11.8 Å². The smallest absolute Gasteiger partial charge is 0.326 e. The average molecular weight is 402 g/mol. The molecular formula is C21H30N4O4. The zero-order valence-electron chi connectivity index (χ0n) is 17.2. The van der Waals surface area contributed by atoms with Gasteiger partial charge < -0.3 is 26.5 Å². The van der Waals surface area contributed by atoms with Gasteiger partial charge in [0.1, 0.15) is 12.1 Å². The summed E-state index contributed by atoms with van der Waals surface area (Å²) in [7, 11) is 0. The SMILES string of the molecule is CC(C)C(N)C(=O)NC(C(=O)N[C@@H](Cc1c[nH]c2ccccc12)C(=O)O)C(C)C. The van der Waals surface area contributed by atoms with Crippen LogP contribution in [0.15, 0.2) is 30.5 Å². The monoisotopic (exact) mass is 402 g/mol. The molecule has 0 saturated heterocycles. The summed E-state index contributed by atoms with van der Waals surface area (Å²) in [5.41, 5.74) is 7.55. The molecule has 0 aliphatic carbocycles. The molecule has 2 amide bonds. The second kappa shape index (κ2) is 9.56. The van der Waals surface area contributed by atoms with Crippen molar-refractivity contribution in [2.45, 2.75) is 52.2 Å². The molecule has 0 aliphatic heterocycles. The third-order valence-electron chi connectivity index (χ3n) is 4.98. The Morgan fingerprint density at radius 3 is 2.28 bits per heavy atom. The number of aromatic amines is 1. The van der Waals surface area contributed by atoms with E-state index in [0.29, 0.717) is 0 Å². The van der Waals surface area contributed by atoms with E-state index in [0.717, 1.165) is 16.5 Å². The van der Waals surface area contributed by atoms with E-state index in [1.807, 2.05) is 38.1 Å². The number of H-pyrrole nitrogens is 1. The minimum absolute atomic E-state index is 0.0838. The minimum atomic E-state index is -1.14. The zero-order valence-corrected chi connectivity index (χ0v) is 17.2. The first-order valence-corrected chi connectivity index (χ1v) is 9.76. The van der Waals surface area contributed by atoms with E-state index >= 15 is 0 Å². The number of carbonyl (C=O) groups excluding carboxylic acids is 2. The second-order valence-electron chi connectivity index (χ2n) is 7.96. The Morgan fingerprint density at radius 1 is 1.03 bits per heavy atom. The van der Waals surface area contributed by atoms with Crippen molar-refractivity contribution in [1.82, 2.24) is 15.6 Å². The van der Waals surface area contributed by atoms with Crippen molar-refractivity contribution < 1.29 is 19.5 Å². The molecule has 0 spiro atoms. The number of nitrogens with one attached hydrogen (secondary N) is 3. The van der Waals surface area contributed by atoms with Crippen molar-refractivity contribution in [1.29, 1.82) is 0 Å². The number of benzene rings is 1. The summed E-state index contributed by atoms with van der Waals surface area (Å²) in [4.78, 5) is 39.9. The summed E-state index contributed by atoms with van der Waals surface area (Å²) in [5.74, 6) is -2.44. The molecule has 0 radical (unpaired) electrons. The van der Waals surface area contributed by atoms with Crippen molar-refractivity contribution >= 4 is 28.7 Å². The molecule has 29 heavy (non-hydrogen) atoms. The number of aliphatic carboxylic acids is 1. The predicted octanol–water partition coefficient (Wildman–Crippen LogP) is 1.40. The van der Waals surface area contributed by atoms with E-state index in [4.69, 9.17) is 5.73 Å².